The third kappa shape index (κ3) is 3.11. The number of rotatable bonds is 2. The third-order valence-corrected chi connectivity index (χ3v) is 5.06. The van der Waals surface area contributed by atoms with Crippen molar-refractivity contribution in [3.8, 4) is 0 Å². The molecule has 1 N–H and O–H groups in total. The van der Waals surface area contributed by atoms with Gasteiger partial charge in [-0.05, 0) is 19.3 Å². The summed E-state index contributed by atoms with van der Waals surface area (Å²) in [6.07, 6.45) is 7.76. The minimum absolute atomic E-state index is 0.553. The third-order valence-electron chi connectivity index (χ3n) is 5.06. The number of hydrogen-bond donors (Lipinski definition) is 1. The fourth-order valence-corrected chi connectivity index (χ4v) is 3.84. The normalized spacial score (nSPS) is 30.7. The summed E-state index contributed by atoms with van der Waals surface area (Å²) in [5.41, 5.74) is 0. The van der Waals surface area contributed by atoms with Gasteiger partial charge in [0.25, 0.3) is 0 Å². The molecule has 3 rings (SSSR count). The van der Waals surface area contributed by atoms with Crippen LogP contribution in [-0.4, -0.2) is 61.1 Å². The largest absolute Gasteiger partial charge is 0.379 e. The Morgan fingerprint density at radius 3 is 2.42 bits per heavy atom. The average molecular weight is 265 g/mol. The van der Waals surface area contributed by atoms with E-state index in [1.807, 2.05) is 0 Å². The van der Waals surface area contributed by atoms with Crippen LogP contribution in [0.3, 0.4) is 0 Å². The average Bonchev–Trinajstić information content (AvgIpc) is 2.98. The first-order valence-corrected chi connectivity index (χ1v) is 8.00. The highest BCUT2D eigenvalue weighted by Crippen LogP contribution is 2.27. The lowest BCUT2D eigenvalue weighted by Crippen LogP contribution is -2.45. The summed E-state index contributed by atoms with van der Waals surface area (Å²) in [5, 5.41) is 8.47. The minimum atomic E-state index is 0.553. The van der Waals surface area contributed by atoms with Crippen LogP contribution >= 0.6 is 0 Å². The molecular weight excluding hydrogens is 238 g/mol. The number of ether oxygens (including phenoxy) is 1. The summed E-state index contributed by atoms with van der Waals surface area (Å²) in [4.78, 5) is 4.92. The molecule has 2 heterocycles. The fourth-order valence-electron chi connectivity index (χ4n) is 3.84. The number of hydrogen-bond acceptors (Lipinski definition) is 3. The fraction of sp³-hybridized carbons (Fsp3) is 0.933. The molecule has 1 aliphatic carbocycles. The predicted octanol–water partition coefficient (Wildman–Crippen LogP) is 1.95. The minimum Gasteiger partial charge on any atom is -0.379 e. The first kappa shape index (κ1) is 13.4. The summed E-state index contributed by atoms with van der Waals surface area (Å²) in [7, 11) is 0. The molecule has 0 aromatic carbocycles. The Bertz CT molecular complexity index is 309. The van der Waals surface area contributed by atoms with Gasteiger partial charge in [0.1, 0.15) is 0 Å². The maximum atomic E-state index is 8.47. The Kier molecular flexibility index (Phi) is 4.38. The molecule has 4 heteroatoms. The second kappa shape index (κ2) is 6.23. The molecule has 0 aromatic heterocycles. The number of nitrogens with zero attached hydrogens (tertiary/aromatic N) is 2. The van der Waals surface area contributed by atoms with E-state index in [0.29, 0.717) is 12.0 Å². The molecule has 3 fully saturated rings. The van der Waals surface area contributed by atoms with Crippen LogP contribution in [0.4, 0.5) is 0 Å². The van der Waals surface area contributed by atoms with Crippen molar-refractivity contribution in [3.63, 3.8) is 0 Å². The van der Waals surface area contributed by atoms with E-state index in [4.69, 9.17) is 10.1 Å². The monoisotopic (exact) mass is 265 g/mol. The molecule has 108 valence electrons. The second-order valence-corrected chi connectivity index (χ2v) is 6.26. The zero-order valence-electron chi connectivity index (χ0n) is 11.9. The maximum Gasteiger partial charge on any atom is 0.0990 e. The summed E-state index contributed by atoms with van der Waals surface area (Å²) in [6, 6.07) is 0.660. The van der Waals surface area contributed by atoms with Crippen molar-refractivity contribution in [1.82, 2.24) is 9.80 Å². The smallest absolute Gasteiger partial charge is 0.0990 e. The van der Waals surface area contributed by atoms with E-state index in [1.54, 1.807) is 0 Å². The molecule has 0 spiro atoms. The lowest BCUT2D eigenvalue weighted by atomic mass is 9.88. The highest BCUT2D eigenvalue weighted by atomic mass is 16.5. The van der Waals surface area contributed by atoms with Gasteiger partial charge in [-0.15, -0.1) is 0 Å². The van der Waals surface area contributed by atoms with Crippen LogP contribution in [0, 0.1) is 11.3 Å². The van der Waals surface area contributed by atoms with Crippen LogP contribution in [0.15, 0.2) is 0 Å². The van der Waals surface area contributed by atoms with Gasteiger partial charge in [-0.25, -0.2) is 0 Å². The summed E-state index contributed by atoms with van der Waals surface area (Å²) >= 11 is 0. The van der Waals surface area contributed by atoms with Crippen molar-refractivity contribution < 1.29 is 4.74 Å². The molecule has 1 unspecified atom stereocenters. The van der Waals surface area contributed by atoms with Gasteiger partial charge in [0.2, 0.25) is 0 Å². The number of morpholine rings is 1. The van der Waals surface area contributed by atoms with Crippen LogP contribution in [0.1, 0.15) is 38.5 Å². The van der Waals surface area contributed by atoms with Gasteiger partial charge in [0, 0.05) is 38.1 Å². The van der Waals surface area contributed by atoms with Gasteiger partial charge in [-0.2, -0.15) is 0 Å². The van der Waals surface area contributed by atoms with E-state index in [1.165, 1.54) is 38.5 Å². The second-order valence-electron chi connectivity index (χ2n) is 6.26. The van der Waals surface area contributed by atoms with Gasteiger partial charge in [-0.1, -0.05) is 19.3 Å². The first-order chi connectivity index (χ1) is 9.34. The van der Waals surface area contributed by atoms with Crippen molar-refractivity contribution in [3.05, 3.63) is 0 Å². The molecule has 3 aliphatic rings. The zero-order valence-corrected chi connectivity index (χ0v) is 11.9. The number of likely N-dealkylation sites (tertiary alicyclic amines) is 1. The maximum absolute atomic E-state index is 8.47. The van der Waals surface area contributed by atoms with Crippen molar-refractivity contribution in [2.75, 3.05) is 39.4 Å². The van der Waals surface area contributed by atoms with Gasteiger partial charge in [-0.3, -0.25) is 10.3 Å². The van der Waals surface area contributed by atoms with E-state index in [-0.39, 0.29) is 0 Å². The molecule has 0 aromatic rings. The van der Waals surface area contributed by atoms with Crippen LogP contribution in [0.5, 0.6) is 0 Å². The van der Waals surface area contributed by atoms with E-state index in [9.17, 15) is 0 Å². The molecule has 0 radical (unpaired) electrons. The Balaban J connectivity index is 1.51. The molecule has 4 nitrogen and oxygen atoms in total. The first-order valence-electron chi connectivity index (χ1n) is 8.00. The van der Waals surface area contributed by atoms with E-state index >= 15 is 0 Å². The number of amidine groups is 1. The zero-order chi connectivity index (χ0) is 13.1. The quantitative estimate of drug-likeness (QED) is 0.613. The Morgan fingerprint density at radius 2 is 1.68 bits per heavy atom. The Hall–Kier alpha value is -0.610. The van der Waals surface area contributed by atoms with Crippen molar-refractivity contribution >= 4 is 5.84 Å². The Morgan fingerprint density at radius 1 is 0.947 bits per heavy atom. The Labute approximate surface area is 116 Å². The van der Waals surface area contributed by atoms with Gasteiger partial charge < -0.3 is 9.64 Å². The molecular formula is C15H27N3O. The molecule has 2 aliphatic heterocycles. The molecule has 1 atom stereocenters. The lowest BCUT2D eigenvalue weighted by Gasteiger charge is -2.33. The van der Waals surface area contributed by atoms with Crippen LogP contribution in [-0.2, 0) is 4.74 Å². The highest BCUT2D eigenvalue weighted by Gasteiger charge is 2.32. The standard InChI is InChI=1S/C15H27N3O/c16-15(13-4-2-1-3-5-13)18-7-6-14(12-18)17-8-10-19-11-9-17/h13-14,16H,1-12H2. The van der Waals surface area contributed by atoms with Crippen molar-refractivity contribution in [2.45, 2.75) is 44.6 Å². The predicted molar refractivity (Wildman–Crippen MR) is 76.7 cm³/mol. The van der Waals surface area contributed by atoms with Gasteiger partial charge in [0.05, 0.1) is 19.0 Å². The summed E-state index contributed by atoms with van der Waals surface area (Å²) < 4.78 is 5.43. The summed E-state index contributed by atoms with van der Waals surface area (Å²) in [5.74, 6) is 1.49. The molecule has 0 amide bonds. The SMILES string of the molecule is N=C(C1CCCCC1)N1CCC(N2CCOCC2)C1. The molecule has 19 heavy (non-hydrogen) atoms. The van der Waals surface area contributed by atoms with Crippen LogP contribution in [0.25, 0.3) is 0 Å². The topological polar surface area (TPSA) is 39.6 Å². The summed E-state index contributed by atoms with van der Waals surface area (Å²) in [6.45, 7) is 6.10. The van der Waals surface area contributed by atoms with Crippen LogP contribution < -0.4 is 0 Å². The van der Waals surface area contributed by atoms with E-state index in [2.05, 4.69) is 9.80 Å². The van der Waals surface area contributed by atoms with Crippen molar-refractivity contribution in [1.29, 1.82) is 5.41 Å². The number of nitrogens with one attached hydrogen (secondary N) is 1. The van der Waals surface area contributed by atoms with E-state index in [0.717, 1.165) is 45.2 Å². The van der Waals surface area contributed by atoms with E-state index < -0.39 is 0 Å². The molecule has 1 saturated carbocycles. The van der Waals surface area contributed by atoms with Gasteiger partial charge >= 0.3 is 0 Å². The lowest BCUT2D eigenvalue weighted by molar-refractivity contribution is 0.0194. The molecule has 0 bridgehead atoms. The van der Waals surface area contributed by atoms with Crippen molar-refractivity contribution in [2.24, 2.45) is 5.92 Å². The molecule has 2 saturated heterocycles. The van der Waals surface area contributed by atoms with Crippen LogP contribution in [0.2, 0.25) is 0 Å². The van der Waals surface area contributed by atoms with Gasteiger partial charge in [0.15, 0.2) is 0 Å². The highest BCUT2D eigenvalue weighted by molar-refractivity contribution is 5.82.